The first-order valence-corrected chi connectivity index (χ1v) is 6.46. The average Bonchev–Trinajstić information content (AvgIpc) is 2.52. The van der Waals surface area contributed by atoms with Crippen molar-refractivity contribution in [2.75, 3.05) is 6.54 Å². The number of carbonyl (C=O) groups is 2. The minimum atomic E-state index is -0.438. The van der Waals surface area contributed by atoms with Gasteiger partial charge >= 0.3 is 0 Å². The Morgan fingerprint density at radius 3 is 2.89 bits per heavy atom. The second-order valence-corrected chi connectivity index (χ2v) is 4.71. The van der Waals surface area contributed by atoms with Crippen LogP contribution in [0.15, 0.2) is 24.3 Å². The standard InChI is InChI=1S/C14H18N2O3/c1-2-12-14(19)16(7-6-13(18)15-12)9-10-4-3-5-11(17)8-10/h3-5,8,12,17H,2,6-7,9H2,1H3,(H,15,18). The molecule has 102 valence electrons. The number of nitrogens with one attached hydrogen (secondary N) is 1. The molecular formula is C14H18N2O3. The molecule has 0 spiro atoms. The summed E-state index contributed by atoms with van der Waals surface area (Å²) in [7, 11) is 0. The third-order valence-electron chi connectivity index (χ3n) is 3.25. The van der Waals surface area contributed by atoms with E-state index in [9.17, 15) is 14.7 Å². The van der Waals surface area contributed by atoms with Crippen molar-refractivity contribution in [3.8, 4) is 5.75 Å². The Kier molecular flexibility index (Phi) is 4.04. The Bertz CT molecular complexity index is 487. The zero-order valence-corrected chi connectivity index (χ0v) is 10.9. The van der Waals surface area contributed by atoms with Crippen LogP contribution in [-0.2, 0) is 16.1 Å². The van der Waals surface area contributed by atoms with Gasteiger partial charge in [0.25, 0.3) is 0 Å². The molecule has 1 aromatic carbocycles. The van der Waals surface area contributed by atoms with E-state index in [4.69, 9.17) is 0 Å². The Morgan fingerprint density at radius 2 is 2.21 bits per heavy atom. The molecule has 1 atom stereocenters. The molecule has 5 heteroatoms. The molecule has 0 aromatic heterocycles. The van der Waals surface area contributed by atoms with Gasteiger partial charge in [-0.25, -0.2) is 0 Å². The largest absolute Gasteiger partial charge is 0.508 e. The fourth-order valence-corrected chi connectivity index (χ4v) is 2.20. The maximum absolute atomic E-state index is 12.3. The molecule has 1 unspecified atom stereocenters. The van der Waals surface area contributed by atoms with Crippen LogP contribution in [0.5, 0.6) is 5.75 Å². The number of phenolic OH excluding ortho intramolecular Hbond substituents is 1. The highest BCUT2D eigenvalue weighted by atomic mass is 16.3. The summed E-state index contributed by atoms with van der Waals surface area (Å²) in [6.45, 7) is 2.70. The Balaban J connectivity index is 2.13. The molecule has 1 fully saturated rings. The SMILES string of the molecule is CCC1NC(=O)CCN(Cc2cccc(O)c2)C1=O. The zero-order chi connectivity index (χ0) is 13.8. The zero-order valence-electron chi connectivity index (χ0n) is 10.9. The van der Waals surface area contributed by atoms with Gasteiger partial charge in [0.2, 0.25) is 11.8 Å². The summed E-state index contributed by atoms with van der Waals surface area (Å²) >= 11 is 0. The molecule has 1 aromatic rings. The Labute approximate surface area is 112 Å². The van der Waals surface area contributed by atoms with Crippen molar-refractivity contribution < 1.29 is 14.7 Å². The van der Waals surface area contributed by atoms with E-state index in [-0.39, 0.29) is 17.6 Å². The van der Waals surface area contributed by atoms with Gasteiger partial charge in [0, 0.05) is 19.5 Å². The van der Waals surface area contributed by atoms with E-state index >= 15 is 0 Å². The van der Waals surface area contributed by atoms with Crippen LogP contribution in [0.4, 0.5) is 0 Å². The van der Waals surface area contributed by atoms with Gasteiger partial charge in [-0.3, -0.25) is 9.59 Å². The Morgan fingerprint density at radius 1 is 1.42 bits per heavy atom. The van der Waals surface area contributed by atoms with Crippen molar-refractivity contribution in [1.82, 2.24) is 10.2 Å². The van der Waals surface area contributed by atoms with E-state index in [2.05, 4.69) is 5.32 Å². The van der Waals surface area contributed by atoms with Crippen LogP contribution in [-0.4, -0.2) is 34.4 Å². The summed E-state index contributed by atoms with van der Waals surface area (Å²) in [5.74, 6) is 0.0383. The molecule has 0 radical (unpaired) electrons. The summed E-state index contributed by atoms with van der Waals surface area (Å²) in [6, 6.07) is 6.39. The first-order chi connectivity index (χ1) is 9.10. The van der Waals surface area contributed by atoms with Gasteiger partial charge in [-0.15, -0.1) is 0 Å². The van der Waals surface area contributed by atoms with Crippen molar-refractivity contribution in [3.05, 3.63) is 29.8 Å². The number of amides is 2. The smallest absolute Gasteiger partial charge is 0.245 e. The lowest BCUT2D eigenvalue weighted by Crippen LogP contribution is -2.43. The Hall–Kier alpha value is -2.04. The van der Waals surface area contributed by atoms with E-state index in [0.29, 0.717) is 25.9 Å². The van der Waals surface area contributed by atoms with Gasteiger partial charge in [0.15, 0.2) is 0 Å². The fourth-order valence-electron chi connectivity index (χ4n) is 2.20. The number of rotatable bonds is 3. The van der Waals surface area contributed by atoms with E-state index in [1.54, 1.807) is 23.1 Å². The number of nitrogens with zero attached hydrogens (tertiary/aromatic N) is 1. The molecule has 2 amide bonds. The van der Waals surface area contributed by atoms with Crippen molar-refractivity contribution in [1.29, 1.82) is 0 Å². The quantitative estimate of drug-likeness (QED) is 0.854. The highest BCUT2D eigenvalue weighted by molar-refractivity contribution is 5.89. The molecule has 1 aliphatic rings. The monoisotopic (exact) mass is 262 g/mol. The fraction of sp³-hybridized carbons (Fsp3) is 0.429. The van der Waals surface area contributed by atoms with Crippen molar-refractivity contribution in [3.63, 3.8) is 0 Å². The molecule has 5 nitrogen and oxygen atoms in total. The van der Waals surface area contributed by atoms with Crippen molar-refractivity contribution in [2.24, 2.45) is 0 Å². The lowest BCUT2D eigenvalue weighted by Gasteiger charge is -2.23. The third kappa shape index (κ3) is 3.24. The summed E-state index contributed by atoms with van der Waals surface area (Å²) < 4.78 is 0. The molecule has 0 aliphatic carbocycles. The number of benzene rings is 1. The highest BCUT2D eigenvalue weighted by Gasteiger charge is 2.28. The molecule has 1 heterocycles. The van der Waals surface area contributed by atoms with Gasteiger partial charge in [0.1, 0.15) is 11.8 Å². The molecule has 19 heavy (non-hydrogen) atoms. The molecule has 0 saturated carbocycles. The van der Waals surface area contributed by atoms with Crippen LogP contribution < -0.4 is 5.32 Å². The summed E-state index contributed by atoms with van der Waals surface area (Å²) in [4.78, 5) is 25.4. The van der Waals surface area contributed by atoms with Crippen LogP contribution >= 0.6 is 0 Å². The predicted octanol–water partition coefficient (Wildman–Crippen LogP) is 1.02. The summed E-state index contributed by atoms with van der Waals surface area (Å²) in [5, 5.41) is 12.2. The maximum Gasteiger partial charge on any atom is 0.245 e. The molecule has 2 rings (SSSR count). The van der Waals surface area contributed by atoms with Gasteiger partial charge < -0.3 is 15.3 Å². The maximum atomic E-state index is 12.3. The van der Waals surface area contributed by atoms with Crippen LogP contribution in [0, 0.1) is 0 Å². The number of aromatic hydroxyl groups is 1. The second-order valence-electron chi connectivity index (χ2n) is 4.71. The molecule has 1 aliphatic heterocycles. The number of hydrogen-bond acceptors (Lipinski definition) is 3. The van der Waals surface area contributed by atoms with E-state index in [1.165, 1.54) is 0 Å². The van der Waals surface area contributed by atoms with Crippen LogP contribution in [0.25, 0.3) is 0 Å². The van der Waals surface area contributed by atoms with Gasteiger partial charge in [-0.1, -0.05) is 19.1 Å². The van der Waals surface area contributed by atoms with Gasteiger partial charge in [-0.2, -0.15) is 0 Å². The third-order valence-corrected chi connectivity index (χ3v) is 3.25. The van der Waals surface area contributed by atoms with Crippen LogP contribution in [0.3, 0.4) is 0 Å². The number of hydrogen-bond donors (Lipinski definition) is 2. The molecule has 2 N–H and O–H groups in total. The highest BCUT2D eigenvalue weighted by Crippen LogP contribution is 2.15. The first-order valence-electron chi connectivity index (χ1n) is 6.46. The second kappa shape index (κ2) is 5.73. The number of phenols is 1. The minimum Gasteiger partial charge on any atom is -0.508 e. The topological polar surface area (TPSA) is 69.6 Å². The molecular weight excluding hydrogens is 244 g/mol. The lowest BCUT2D eigenvalue weighted by molar-refractivity contribution is -0.134. The first kappa shape index (κ1) is 13.4. The molecule has 1 saturated heterocycles. The normalized spacial score (nSPS) is 20.1. The minimum absolute atomic E-state index is 0.0586. The average molecular weight is 262 g/mol. The van der Waals surface area contributed by atoms with E-state index in [1.807, 2.05) is 13.0 Å². The van der Waals surface area contributed by atoms with Crippen LogP contribution in [0.2, 0.25) is 0 Å². The van der Waals surface area contributed by atoms with E-state index in [0.717, 1.165) is 5.56 Å². The van der Waals surface area contributed by atoms with Gasteiger partial charge in [-0.05, 0) is 24.1 Å². The van der Waals surface area contributed by atoms with Gasteiger partial charge in [0.05, 0.1) is 0 Å². The summed E-state index contributed by atoms with van der Waals surface area (Å²) in [5.41, 5.74) is 0.859. The van der Waals surface area contributed by atoms with E-state index < -0.39 is 6.04 Å². The van der Waals surface area contributed by atoms with Crippen LogP contribution in [0.1, 0.15) is 25.3 Å². The predicted molar refractivity (Wildman–Crippen MR) is 70.4 cm³/mol. The summed E-state index contributed by atoms with van der Waals surface area (Å²) in [6.07, 6.45) is 0.905. The van der Waals surface area contributed by atoms with Crippen molar-refractivity contribution in [2.45, 2.75) is 32.4 Å². The number of carbonyl (C=O) groups excluding carboxylic acids is 2. The lowest BCUT2D eigenvalue weighted by atomic mass is 10.1. The molecule has 0 bridgehead atoms. The van der Waals surface area contributed by atoms with Crippen molar-refractivity contribution >= 4 is 11.8 Å².